The van der Waals surface area contributed by atoms with Crippen LogP contribution in [-0.4, -0.2) is 57.2 Å². The van der Waals surface area contributed by atoms with Crippen molar-refractivity contribution in [3.05, 3.63) is 48.0 Å². The average molecular weight is 395 g/mol. The van der Waals surface area contributed by atoms with Crippen LogP contribution in [0.15, 0.2) is 46.9 Å². The Bertz CT molecular complexity index is 954. The number of methoxy groups -OCH3 is 2. The van der Waals surface area contributed by atoms with Gasteiger partial charge in [-0.05, 0) is 82.5 Å². The maximum Gasteiger partial charge on any atom is 0.135 e. The van der Waals surface area contributed by atoms with Crippen LogP contribution >= 0.6 is 0 Å². The maximum absolute atomic E-state index is 6.18. The van der Waals surface area contributed by atoms with E-state index >= 15 is 0 Å². The molecule has 1 fully saturated rings. The summed E-state index contributed by atoms with van der Waals surface area (Å²) in [7, 11) is 7.77. The van der Waals surface area contributed by atoms with Crippen molar-refractivity contribution in [1.82, 2.24) is 9.80 Å². The molecule has 3 aromatic rings. The molecule has 29 heavy (non-hydrogen) atoms. The molecule has 1 aliphatic heterocycles. The second kappa shape index (κ2) is 8.47. The second-order valence-corrected chi connectivity index (χ2v) is 7.97. The molecule has 0 aliphatic carbocycles. The highest BCUT2D eigenvalue weighted by molar-refractivity contribution is 5.87. The lowest BCUT2D eigenvalue weighted by atomic mass is 10.0. The lowest BCUT2D eigenvalue weighted by Gasteiger charge is -2.35. The van der Waals surface area contributed by atoms with Crippen LogP contribution in [0.3, 0.4) is 0 Å². The van der Waals surface area contributed by atoms with Gasteiger partial charge in [0.05, 0.1) is 14.2 Å². The van der Waals surface area contributed by atoms with Crippen molar-refractivity contribution >= 4 is 11.0 Å². The molecule has 0 radical (unpaired) electrons. The van der Waals surface area contributed by atoms with E-state index < -0.39 is 0 Å². The summed E-state index contributed by atoms with van der Waals surface area (Å²) >= 11 is 0. The third kappa shape index (κ3) is 4.11. The molecule has 0 bridgehead atoms. The summed E-state index contributed by atoms with van der Waals surface area (Å²) in [6.07, 6.45) is 2.40. The van der Waals surface area contributed by atoms with Gasteiger partial charge < -0.3 is 18.8 Å². The molecule has 0 atom stereocenters. The SMILES string of the molecule is COc1ccc(-c2cc3c(CN4CCC(N(C)C)CC4)c(OC)ccc3o2)cc1. The van der Waals surface area contributed by atoms with Crippen molar-refractivity contribution in [3.63, 3.8) is 0 Å². The highest BCUT2D eigenvalue weighted by atomic mass is 16.5. The van der Waals surface area contributed by atoms with E-state index in [0.29, 0.717) is 6.04 Å². The Balaban J connectivity index is 1.62. The summed E-state index contributed by atoms with van der Waals surface area (Å²) in [6, 6.07) is 14.8. The fourth-order valence-electron chi connectivity index (χ4n) is 4.22. The number of furan rings is 1. The van der Waals surface area contributed by atoms with Crippen molar-refractivity contribution in [2.75, 3.05) is 41.4 Å². The second-order valence-electron chi connectivity index (χ2n) is 7.97. The third-order valence-electron chi connectivity index (χ3n) is 6.03. The van der Waals surface area contributed by atoms with Crippen LogP contribution in [0.25, 0.3) is 22.3 Å². The molecule has 154 valence electrons. The van der Waals surface area contributed by atoms with Crippen LogP contribution in [-0.2, 0) is 6.54 Å². The zero-order valence-electron chi connectivity index (χ0n) is 17.8. The van der Waals surface area contributed by atoms with E-state index in [0.717, 1.165) is 53.4 Å². The van der Waals surface area contributed by atoms with Gasteiger partial charge in [0, 0.05) is 29.1 Å². The van der Waals surface area contributed by atoms with Crippen LogP contribution < -0.4 is 9.47 Å². The minimum absolute atomic E-state index is 0.680. The van der Waals surface area contributed by atoms with E-state index in [1.54, 1.807) is 14.2 Å². The quantitative estimate of drug-likeness (QED) is 0.609. The minimum Gasteiger partial charge on any atom is -0.497 e. The predicted molar refractivity (Wildman–Crippen MR) is 117 cm³/mol. The molecule has 0 saturated carbocycles. The van der Waals surface area contributed by atoms with Gasteiger partial charge in [0.25, 0.3) is 0 Å². The fourth-order valence-corrected chi connectivity index (χ4v) is 4.22. The molecule has 0 N–H and O–H groups in total. The number of fused-ring (bicyclic) bond motifs is 1. The van der Waals surface area contributed by atoms with Crippen LogP contribution in [0, 0.1) is 0 Å². The van der Waals surface area contributed by atoms with Crippen molar-refractivity contribution < 1.29 is 13.9 Å². The van der Waals surface area contributed by atoms with Gasteiger partial charge in [-0.3, -0.25) is 4.90 Å². The molecule has 4 rings (SSSR count). The van der Waals surface area contributed by atoms with E-state index in [-0.39, 0.29) is 0 Å². The Morgan fingerprint density at radius 2 is 1.72 bits per heavy atom. The molecule has 0 unspecified atom stereocenters. The van der Waals surface area contributed by atoms with Gasteiger partial charge in [0.2, 0.25) is 0 Å². The Kier molecular flexibility index (Phi) is 5.79. The van der Waals surface area contributed by atoms with Gasteiger partial charge in [-0.2, -0.15) is 0 Å². The first-order chi connectivity index (χ1) is 14.1. The normalized spacial score (nSPS) is 15.9. The molecule has 5 heteroatoms. The molecule has 2 heterocycles. The van der Waals surface area contributed by atoms with E-state index in [4.69, 9.17) is 13.9 Å². The van der Waals surface area contributed by atoms with Crippen LogP contribution in [0.2, 0.25) is 0 Å². The molecule has 1 saturated heterocycles. The highest BCUT2D eigenvalue weighted by Crippen LogP contribution is 2.36. The monoisotopic (exact) mass is 394 g/mol. The van der Waals surface area contributed by atoms with Gasteiger partial charge in [0.1, 0.15) is 22.8 Å². The highest BCUT2D eigenvalue weighted by Gasteiger charge is 2.23. The molecular formula is C24H30N2O3. The maximum atomic E-state index is 6.18. The summed E-state index contributed by atoms with van der Waals surface area (Å²) in [5.41, 5.74) is 3.14. The molecule has 1 aromatic heterocycles. The Hall–Kier alpha value is -2.50. The van der Waals surface area contributed by atoms with Crippen molar-refractivity contribution in [2.45, 2.75) is 25.4 Å². The van der Waals surface area contributed by atoms with Gasteiger partial charge in [-0.15, -0.1) is 0 Å². The summed E-state index contributed by atoms with van der Waals surface area (Å²) in [5.74, 6) is 2.63. The number of nitrogens with zero attached hydrogens (tertiary/aromatic N) is 2. The number of ether oxygens (including phenoxy) is 2. The Labute approximate surface area is 172 Å². The lowest BCUT2D eigenvalue weighted by Crippen LogP contribution is -2.41. The van der Waals surface area contributed by atoms with Crippen molar-refractivity contribution in [2.24, 2.45) is 0 Å². The largest absolute Gasteiger partial charge is 0.497 e. The summed E-state index contributed by atoms with van der Waals surface area (Å²) in [4.78, 5) is 4.87. The topological polar surface area (TPSA) is 38.1 Å². The third-order valence-corrected chi connectivity index (χ3v) is 6.03. The number of rotatable bonds is 6. The van der Waals surface area contributed by atoms with Crippen molar-refractivity contribution in [1.29, 1.82) is 0 Å². The van der Waals surface area contributed by atoms with Crippen molar-refractivity contribution in [3.8, 4) is 22.8 Å². The molecule has 1 aliphatic rings. The van der Waals surface area contributed by atoms with Gasteiger partial charge in [0.15, 0.2) is 0 Å². The number of hydrogen-bond acceptors (Lipinski definition) is 5. The summed E-state index contributed by atoms with van der Waals surface area (Å²) in [6.45, 7) is 3.08. The zero-order chi connectivity index (χ0) is 20.4. The fraction of sp³-hybridized carbons (Fsp3) is 0.417. The number of piperidine rings is 1. The van der Waals surface area contributed by atoms with Crippen LogP contribution in [0.4, 0.5) is 0 Å². The first kappa shape index (κ1) is 19.8. The Morgan fingerprint density at radius 3 is 2.34 bits per heavy atom. The van der Waals surface area contributed by atoms with E-state index in [2.05, 4.69) is 30.0 Å². The Morgan fingerprint density at radius 1 is 1.00 bits per heavy atom. The lowest BCUT2D eigenvalue weighted by molar-refractivity contribution is 0.139. The van der Waals surface area contributed by atoms with E-state index in [1.165, 1.54) is 18.4 Å². The van der Waals surface area contributed by atoms with E-state index in [1.807, 2.05) is 36.4 Å². The zero-order valence-corrected chi connectivity index (χ0v) is 17.8. The molecule has 2 aromatic carbocycles. The number of likely N-dealkylation sites (tertiary alicyclic amines) is 1. The first-order valence-electron chi connectivity index (χ1n) is 10.2. The van der Waals surface area contributed by atoms with Gasteiger partial charge >= 0.3 is 0 Å². The van der Waals surface area contributed by atoms with Crippen LogP contribution in [0.1, 0.15) is 18.4 Å². The van der Waals surface area contributed by atoms with Crippen LogP contribution in [0.5, 0.6) is 11.5 Å². The molecule has 5 nitrogen and oxygen atoms in total. The summed E-state index contributed by atoms with van der Waals surface area (Å²) < 4.78 is 17.2. The smallest absolute Gasteiger partial charge is 0.135 e. The average Bonchev–Trinajstić information content (AvgIpc) is 3.19. The number of hydrogen-bond donors (Lipinski definition) is 0. The van der Waals surface area contributed by atoms with Gasteiger partial charge in [-0.1, -0.05) is 0 Å². The van der Waals surface area contributed by atoms with Gasteiger partial charge in [-0.25, -0.2) is 0 Å². The van der Waals surface area contributed by atoms with E-state index in [9.17, 15) is 0 Å². The minimum atomic E-state index is 0.680. The summed E-state index contributed by atoms with van der Waals surface area (Å²) in [5, 5.41) is 1.13. The number of benzene rings is 2. The molecular weight excluding hydrogens is 364 g/mol. The first-order valence-corrected chi connectivity index (χ1v) is 10.2. The molecule has 0 spiro atoms. The predicted octanol–water partition coefficient (Wildman–Crippen LogP) is 4.64. The standard InChI is InChI=1S/C24H30N2O3/c1-25(2)18-11-13-26(14-12-18)16-21-20-15-24(17-5-7-19(27-3)8-6-17)29-23(20)10-9-22(21)28-4/h5-10,15,18H,11-14,16H2,1-4H3. The molecule has 0 amide bonds.